The Hall–Kier alpha value is -0.340. The molecule has 0 amide bonds. The van der Waals surface area contributed by atoms with Crippen molar-refractivity contribution in [2.45, 2.75) is 57.8 Å². The molecular formula is C16H27OS. The molecule has 1 rings (SSSR count). The van der Waals surface area contributed by atoms with Gasteiger partial charge in [0.15, 0.2) is 0 Å². The zero-order chi connectivity index (χ0) is 13.2. The number of aliphatic hydroxyl groups excluding tert-OH is 1. The van der Waals surface area contributed by atoms with Crippen molar-refractivity contribution >= 4 is 11.3 Å². The maximum atomic E-state index is 8.70. The molecular weight excluding hydrogens is 240 g/mol. The third-order valence-electron chi connectivity index (χ3n) is 3.56. The standard InChI is InChI=1S/C16H27OS/c1-14(8-5-3-4-6-12-17)10-11-15(2)16-9-7-13-18-16/h7,9,13-15,17H,2-6,8,10-12H2,1H3. The second kappa shape index (κ2) is 9.57. The van der Waals surface area contributed by atoms with E-state index in [1.165, 1.54) is 43.4 Å². The molecule has 1 aromatic rings. The van der Waals surface area contributed by atoms with Crippen LogP contribution in [-0.4, -0.2) is 11.7 Å². The highest BCUT2D eigenvalue weighted by atomic mass is 32.1. The number of hydrogen-bond donors (Lipinski definition) is 1. The van der Waals surface area contributed by atoms with Crippen molar-refractivity contribution in [3.05, 3.63) is 29.3 Å². The topological polar surface area (TPSA) is 20.2 Å². The van der Waals surface area contributed by atoms with E-state index in [1.807, 2.05) is 11.3 Å². The van der Waals surface area contributed by atoms with Crippen molar-refractivity contribution in [2.75, 3.05) is 6.61 Å². The first-order valence-corrected chi connectivity index (χ1v) is 8.09. The molecule has 1 N–H and O–H groups in total. The van der Waals surface area contributed by atoms with Crippen LogP contribution >= 0.6 is 11.3 Å². The van der Waals surface area contributed by atoms with Gasteiger partial charge in [-0.05, 0) is 43.0 Å². The third kappa shape index (κ3) is 6.55. The first-order valence-electron chi connectivity index (χ1n) is 7.21. The second-order valence-corrected chi connectivity index (χ2v) is 6.30. The summed E-state index contributed by atoms with van der Waals surface area (Å²) in [5.41, 5.74) is 0. The average molecular weight is 267 g/mol. The van der Waals surface area contributed by atoms with Gasteiger partial charge in [-0.2, -0.15) is 0 Å². The van der Waals surface area contributed by atoms with Crippen LogP contribution in [0.2, 0.25) is 0 Å². The summed E-state index contributed by atoms with van der Waals surface area (Å²) in [6, 6.07) is 4.31. The van der Waals surface area contributed by atoms with Gasteiger partial charge in [-0.15, -0.1) is 11.3 Å². The fourth-order valence-electron chi connectivity index (χ4n) is 2.25. The van der Waals surface area contributed by atoms with E-state index in [0.717, 1.165) is 12.3 Å². The smallest absolute Gasteiger partial charge is 0.0431 e. The lowest BCUT2D eigenvalue weighted by Gasteiger charge is -2.14. The molecule has 0 aliphatic rings. The van der Waals surface area contributed by atoms with E-state index in [2.05, 4.69) is 31.4 Å². The fourth-order valence-corrected chi connectivity index (χ4v) is 3.04. The first-order chi connectivity index (χ1) is 8.74. The second-order valence-electron chi connectivity index (χ2n) is 5.32. The van der Waals surface area contributed by atoms with Crippen LogP contribution in [0.1, 0.15) is 62.7 Å². The van der Waals surface area contributed by atoms with Crippen LogP contribution < -0.4 is 0 Å². The number of unbranched alkanes of at least 4 members (excludes halogenated alkanes) is 3. The molecule has 2 atom stereocenters. The van der Waals surface area contributed by atoms with Gasteiger partial charge in [0, 0.05) is 11.5 Å². The van der Waals surface area contributed by atoms with Gasteiger partial charge >= 0.3 is 0 Å². The van der Waals surface area contributed by atoms with E-state index in [4.69, 9.17) is 5.11 Å². The number of thiophene rings is 1. The van der Waals surface area contributed by atoms with Crippen LogP contribution in [0.25, 0.3) is 0 Å². The Balaban J connectivity index is 2.04. The normalized spacial score (nSPS) is 14.6. The lowest BCUT2D eigenvalue weighted by atomic mass is 9.93. The Kier molecular flexibility index (Phi) is 8.36. The average Bonchev–Trinajstić information content (AvgIpc) is 2.89. The van der Waals surface area contributed by atoms with Gasteiger partial charge in [0.05, 0.1) is 0 Å². The molecule has 0 saturated heterocycles. The summed E-state index contributed by atoms with van der Waals surface area (Å²) in [5.74, 6) is 1.28. The highest BCUT2D eigenvalue weighted by Gasteiger charge is 2.09. The van der Waals surface area contributed by atoms with Gasteiger partial charge in [0.1, 0.15) is 0 Å². The van der Waals surface area contributed by atoms with E-state index >= 15 is 0 Å². The fraction of sp³-hybridized carbons (Fsp3) is 0.688. The van der Waals surface area contributed by atoms with Crippen LogP contribution in [0.15, 0.2) is 17.5 Å². The maximum Gasteiger partial charge on any atom is 0.0431 e. The quantitative estimate of drug-likeness (QED) is 0.590. The van der Waals surface area contributed by atoms with Crippen molar-refractivity contribution in [2.24, 2.45) is 5.92 Å². The van der Waals surface area contributed by atoms with Gasteiger partial charge in [0.2, 0.25) is 0 Å². The van der Waals surface area contributed by atoms with E-state index in [0.29, 0.717) is 12.5 Å². The molecule has 103 valence electrons. The molecule has 0 spiro atoms. The van der Waals surface area contributed by atoms with Crippen LogP contribution in [-0.2, 0) is 0 Å². The van der Waals surface area contributed by atoms with Crippen LogP contribution in [0.3, 0.4) is 0 Å². The minimum absolute atomic E-state index is 0.347. The Labute approximate surface area is 116 Å². The number of aliphatic hydroxyl groups is 1. The summed E-state index contributed by atoms with van der Waals surface area (Å²) in [5, 5.41) is 10.8. The molecule has 1 nitrogen and oxygen atoms in total. The molecule has 0 bridgehead atoms. The van der Waals surface area contributed by atoms with E-state index in [9.17, 15) is 0 Å². The van der Waals surface area contributed by atoms with Gasteiger partial charge in [-0.25, -0.2) is 0 Å². The van der Waals surface area contributed by atoms with Crippen molar-refractivity contribution in [3.8, 4) is 0 Å². The minimum Gasteiger partial charge on any atom is -0.396 e. The summed E-state index contributed by atoms with van der Waals surface area (Å²) in [6.45, 7) is 6.96. The Morgan fingerprint density at radius 3 is 2.61 bits per heavy atom. The molecule has 0 saturated carbocycles. The van der Waals surface area contributed by atoms with Crippen LogP contribution in [0, 0.1) is 12.8 Å². The first kappa shape index (κ1) is 15.7. The highest BCUT2D eigenvalue weighted by Crippen LogP contribution is 2.27. The van der Waals surface area contributed by atoms with Crippen LogP contribution in [0.4, 0.5) is 0 Å². The SMILES string of the molecule is [CH2]C(CCC(C)CCCCCCO)c1cccs1. The van der Waals surface area contributed by atoms with Crippen molar-refractivity contribution < 1.29 is 5.11 Å². The van der Waals surface area contributed by atoms with Gasteiger partial charge in [0.25, 0.3) is 0 Å². The van der Waals surface area contributed by atoms with Gasteiger partial charge < -0.3 is 5.11 Å². The number of hydrogen-bond acceptors (Lipinski definition) is 2. The molecule has 2 heteroatoms. The van der Waals surface area contributed by atoms with Crippen molar-refractivity contribution in [1.29, 1.82) is 0 Å². The van der Waals surface area contributed by atoms with Crippen molar-refractivity contribution in [1.82, 2.24) is 0 Å². The summed E-state index contributed by atoms with van der Waals surface area (Å²) in [4.78, 5) is 1.42. The molecule has 0 fully saturated rings. The Morgan fingerprint density at radius 1 is 1.17 bits per heavy atom. The molecule has 2 unspecified atom stereocenters. The Bertz CT molecular complexity index is 281. The molecule has 0 aliphatic heterocycles. The van der Waals surface area contributed by atoms with E-state index < -0.39 is 0 Å². The molecule has 1 radical (unpaired) electrons. The molecule has 18 heavy (non-hydrogen) atoms. The highest BCUT2D eigenvalue weighted by molar-refractivity contribution is 7.10. The monoisotopic (exact) mass is 267 g/mol. The maximum absolute atomic E-state index is 8.70. The van der Waals surface area contributed by atoms with E-state index in [1.54, 1.807) is 0 Å². The summed E-state index contributed by atoms with van der Waals surface area (Å²) < 4.78 is 0. The van der Waals surface area contributed by atoms with Crippen molar-refractivity contribution in [3.63, 3.8) is 0 Å². The molecule has 0 aromatic carbocycles. The lowest BCUT2D eigenvalue weighted by molar-refractivity contribution is 0.281. The predicted octanol–water partition coefficient (Wildman–Crippen LogP) is 5.02. The Morgan fingerprint density at radius 2 is 1.94 bits per heavy atom. The molecule has 1 aromatic heterocycles. The zero-order valence-corrected chi connectivity index (χ0v) is 12.4. The third-order valence-corrected chi connectivity index (χ3v) is 4.59. The minimum atomic E-state index is 0.347. The zero-order valence-electron chi connectivity index (χ0n) is 11.6. The predicted molar refractivity (Wildman–Crippen MR) is 81.0 cm³/mol. The number of rotatable bonds is 10. The summed E-state index contributed by atoms with van der Waals surface area (Å²) >= 11 is 1.82. The molecule has 0 aliphatic carbocycles. The summed E-state index contributed by atoms with van der Waals surface area (Å²) in [7, 11) is 0. The summed E-state index contributed by atoms with van der Waals surface area (Å²) in [6.07, 6.45) is 8.53. The van der Waals surface area contributed by atoms with Gasteiger partial charge in [-0.3, -0.25) is 0 Å². The molecule has 1 heterocycles. The van der Waals surface area contributed by atoms with E-state index in [-0.39, 0.29) is 0 Å². The largest absolute Gasteiger partial charge is 0.396 e. The van der Waals surface area contributed by atoms with Gasteiger partial charge in [-0.1, -0.05) is 45.1 Å². The lowest BCUT2D eigenvalue weighted by Crippen LogP contribution is -1.99. The van der Waals surface area contributed by atoms with Crippen LogP contribution in [0.5, 0.6) is 0 Å².